The lowest BCUT2D eigenvalue weighted by Crippen LogP contribution is -2.30. The van der Waals surface area contributed by atoms with Crippen molar-refractivity contribution in [1.29, 1.82) is 0 Å². The second kappa shape index (κ2) is 6.00. The zero-order valence-electron chi connectivity index (χ0n) is 12.4. The molecule has 3 rings (SSSR count). The highest BCUT2D eigenvalue weighted by molar-refractivity contribution is 6.32. The minimum atomic E-state index is -0.882. The maximum Gasteiger partial charge on any atom is 0.308 e. The number of halogens is 1. The summed E-state index contributed by atoms with van der Waals surface area (Å²) in [6.07, 6.45) is 1.50. The lowest BCUT2D eigenvalue weighted by atomic mass is 9.99. The molecule has 2 heterocycles. The Morgan fingerprint density at radius 3 is 2.70 bits per heavy atom. The molecule has 1 aromatic carbocycles. The van der Waals surface area contributed by atoms with E-state index in [-0.39, 0.29) is 24.1 Å². The Morgan fingerprint density at radius 1 is 1.30 bits per heavy atom. The van der Waals surface area contributed by atoms with Gasteiger partial charge in [0.25, 0.3) is 5.91 Å². The largest absolute Gasteiger partial charge is 0.481 e. The molecule has 2 atom stereocenters. The van der Waals surface area contributed by atoms with Crippen LogP contribution in [-0.4, -0.2) is 50.0 Å². The average Bonchev–Trinajstić information content (AvgIpc) is 3.14. The number of carboxylic acid groups (broad SMARTS) is 1. The Kier molecular flexibility index (Phi) is 4.04. The minimum Gasteiger partial charge on any atom is -0.481 e. The highest BCUT2D eigenvalue weighted by atomic mass is 35.5. The van der Waals surface area contributed by atoms with Gasteiger partial charge < -0.3 is 10.0 Å². The number of hydrogen-bond acceptors (Lipinski definition) is 4. The smallest absolute Gasteiger partial charge is 0.308 e. The van der Waals surface area contributed by atoms with E-state index in [1.165, 1.54) is 15.8 Å². The molecular weight excluding hydrogens is 320 g/mol. The third-order valence-corrected chi connectivity index (χ3v) is 4.35. The molecule has 120 valence electrons. The second-order valence-electron chi connectivity index (χ2n) is 5.63. The summed E-state index contributed by atoms with van der Waals surface area (Å²) in [4.78, 5) is 25.1. The van der Waals surface area contributed by atoms with Crippen LogP contribution in [-0.2, 0) is 4.79 Å². The van der Waals surface area contributed by atoms with Crippen LogP contribution in [0, 0.1) is 11.8 Å². The number of para-hydroxylation sites is 1. The van der Waals surface area contributed by atoms with E-state index in [1.54, 1.807) is 18.2 Å². The van der Waals surface area contributed by atoms with Crippen molar-refractivity contribution in [3.05, 3.63) is 41.2 Å². The zero-order chi connectivity index (χ0) is 16.6. The molecule has 1 fully saturated rings. The van der Waals surface area contributed by atoms with Gasteiger partial charge in [0.05, 0.1) is 22.8 Å². The van der Waals surface area contributed by atoms with Crippen molar-refractivity contribution in [3.63, 3.8) is 0 Å². The molecule has 1 aliphatic rings. The number of carbonyl (C=O) groups excluding carboxylic acids is 1. The maximum atomic E-state index is 12.5. The summed E-state index contributed by atoms with van der Waals surface area (Å²) in [5, 5.41) is 17.5. The maximum absolute atomic E-state index is 12.5. The van der Waals surface area contributed by atoms with Crippen LogP contribution in [0.1, 0.15) is 17.4 Å². The van der Waals surface area contributed by atoms with E-state index < -0.39 is 11.9 Å². The van der Waals surface area contributed by atoms with E-state index >= 15 is 0 Å². The lowest BCUT2D eigenvalue weighted by molar-refractivity contribution is -0.142. The van der Waals surface area contributed by atoms with Crippen LogP contribution in [0.3, 0.4) is 0 Å². The number of aliphatic carboxylic acids is 1. The SMILES string of the molecule is C[C@@H]1CN(C(=O)c2cn(-c3ccccc3Cl)nn2)C[C@H]1C(=O)O. The molecule has 0 unspecified atom stereocenters. The molecule has 1 amide bonds. The molecule has 0 aliphatic carbocycles. The summed E-state index contributed by atoms with van der Waals surface area (Å²) in [6.45, 7) is 2.41. The van der Waals surface area contributed by atoms with E-state index in [9.17, 15) is 9.59 Å². The Bertz CT molecular complexity index is 761. The molecule has 8 heteroatoms. The van der Waals surface area contributed by atoms with Crippen LogP contribution in [0.2, 0.25) is 5.02 Å². The molecule has 7 nitrogen and oxygen atoms in total. The predicted molar refractivity (Wildman–Crippen MR) is 82.6 cm³/mol. The number of rotatable bonds is 3. The number of carbonyl (C=O) groups is 2. The van der Waals surface area contributed by atoms with Crippen molar-refractivity contribution in [2.24, 2.45) is 11.8 Å². The van der Waals surface area contributed by atoms with Gasteiger partial charge in [-0.2, -0.15) is 0 Å². The van der Waals surface area contributed by atoms with E-state index in [2.05, 4.69) is 10.3 Å². The highest BCUT2D eigenvalue weighted by Gasteiger charge is 2.37. The topological polar surface area (TPSA) is 88.3 Å². The average molecular weight is 335 g/mol. The number of aromatic nitrogens is 3. The Morgan fingerprint density at radius 2 is 2.04 bits per heavy atom. The van der Waals surface area contributed by atoms with Crippen LogP contribution < -0.4 is 0 Å². The van der Waals surface area contributed by atoms with E-state index in [0.29, 0.717) is 17.3 Å². The molecule has 23 heavy (non-hydrogen) atoms. The van der Waals surface area contributed by atoms with Gasteiger partial charge >= 0.3 is 5.97 Å². The second-order valence-corrected chi connectivity index (χ2v) is 6.04. The van der Waals surface area contributed by atoms with Gasteiger partial charge in [0.2, 0.25) is 0 Å². The third kappa shape index (κ3) is 2.92. The van der Waals surface area contributed by atoms with E-state index in [4.69, 9.17) is 16.7 Å². The quantitative estimate of drug-likeness (QED) is 0.923. The first-order valence-electron chi connectivity index (χ1n) is 7.16. The van der Waals surface area contributed by atoms with Gasteiger partial charge in [0.15, 0.2) is 5.69 Å². The summed E-state index contributed by atoms with van der Waals surface area (Å²) < 4.78 is 1.43. The number of benzene rings is 1. The molecule has 1 N–H and O–H groups in total. The van der Waals surface area contributed by atoms with Gasteiger partial charge in [-0.15, -0.1) is 5.10 Å². The van der Waals surface area contributed by atoms with Crippen molar-refractivity contribution in [3.8, 4) is 5.69 Å². The Labute approximate surface area is 137 Å². The summed E-state index contributed by atoms with van der Waals surface area (Å²) in [5.41, 5.74) is 0.794. The molecular formula is C15H15ClN4O3. The fourth-order valence-electron chi connectivity index (χ4n) is 2.73. The minimum absolute atomic E-state index is 0.0879. The first kappa shape index (κ1) is 15.5. The Hall–Kier alpha value is -2.41. The lowest BCUT2D eigenvalue weighted by Gasteiger charge is -2.13. The first-order valence-corrected chi connectivity index (χ1v) is 7.54. The van der Waals surface area contributed by atoms with Gasteiger partial charge in [-0.05, 0) is 18.1 Å². The monoisotopic (exact) mass is 334 g/mol. The van der Waals surface area contributed by atoms with E-state index in [1.807, 2.05) is 13.0 Å². The van der Waals surface area contributed by atoms with Crippen LogP contribution in [0.25, 0.3) is 5.69 Å². The van der Waals surface area contributed by atoms with Crippen LogP contribution in [0.15, 0.2) is 30.5 Å². The molecule has 1 saturated heterocycles. The summed E-state index contributed by atoms with van der Waals surface area (Å²) in [6, 6.07) is 7.10. The van der Waals surface area contributed by atoms with Crippen LogP contribution >= 0.6 is 11.6 Å². The van der Waals surface area contributed by atoms with Gasteiger partial charge in [-0.25, -0.2) is 4.68 Å². The first-order chi connectivity index (χ1) is 11.0. The molecule has 1 aliphatic heterocycles. The van der Waals surface area contributed by atoms with Gasteiger partial charge in [-0.3, -0.25) is 9.59 Å². The Balaban J connectivity index is 1.80. The van der Waals surface area contributed by atoms with Crippen molar-refractivity contribution in [2.75, 3.05) is 13.1 Å². The molecule has 0 bridgehead atoms. The molecule has 2 aromatic rings. The number of nitrogens with zero attached hydrogens (tertiary/aromatic N) is 4. The number of likely N-dealkylation sites (tertiary alicyclic amines) is 1. The van der Waals surface area contributed by atoms with Crippen LogP contribution in [0.5, 0.6) is 0 Å². The number of hydrogen-bond donors (Lipinski definition) is 1. The summed E-state index contributed by atoms with van der Waals surface area (Å²) >= 11 is 6.10. The fourth-order valence-corrected chi connectivity index (χ4v) is 2.96. The molecule has 0 spiro atoms. The highest BCUT2D eigenvalue weighted by Crippen LogP contribution is 2.25. The third-order valence-electron chi connectivity index (χ3n) is 4.03. The summed E-state index contributed by atoms with van der Waals surface area (Å²) in [7, 11) is 0. The molecule has 0 saturated carbocycles. The van der Waals surface area contributed by atoms with Crippen molar-refractivity contribution < 1.29 is 14.7 Å². The zero-order valence-corrected chi connectivity index (χ0v) is 13.1. The van der Waals surface area contributed by atoms with Gasteiger partial charge in [0, 0.05) is 13.1 Å². The summed E-state index contributed by atoms with van der Waals surface area (Å²) in [5.74, 6) is -1.83. The molecule has 0 radical (unpaired) electrons. The van der Waals surface area contributed by atoms with Crippen LogP contribution in [0.4, 0.5) is 0 Å². The van der Waals surface area contributed by atoms with Gasteiger partial charge in [0.1, 0.15) is 0 Å². The standard InChI is InChI=1S/C15H15ClN4O3/c1-9-6-19(7-10(9)15(22)23)14(21)12-8-20(18-17-12)13-5-3-2-4-11(13)16/h2-5,8-10H,6-7H2,1H3,(H,22,23)/t9-,10-/m1/s1. The van der Waals surface area contributed by atoms with Crippen molar-refractivity contribution in [2.45, 2.75) is 6.92 Å². The van der Waals surface area contributed by atoms with Crippen molar-refractivity contribution >= 4 is 23.5 Å². The van der Waals surface area contributed by atoms with Gasteiger partial charge in [-0.1, -0.05) is 35.9 Å². The number of carboxylic acids is 1. The van der Waals surface area contributed by atoms with Crippen molar-refractivity contribution in [1.82, 2.24) is 19.9 Å². The normalized spacial score (nSPS) is 20.7. The number of amides is 1. The fraction of sp³-hybridized carbons (Fsp3) is 0.333. The predicted octanol–water partition coefficient (Wildman–Crippen LogP) is 1.71. The van der Waals surface area contributed by atoms with E-state index in [0.717, 1.165) is 0 Å². The molecule has 1 aromatic heterocycles.